The molecule has 0 aliphatic carbocycles. The van der Waals surface area contributed by atoms with Crippen LogP contribution >= 0.6 is 0 Å². The number of carbonyl (C=O) groups excluding carboxylic acids is 4. The molecule has 1 heterocycles. The molecule has 0 bridgehead atoms. The summed E-state index contributed by atoms with van der Waals surface area (Å²) in [5.74, 6) is -3.21. The van der Waals surface area contributed by atoms with Gasteiger partial charge in [-0.1, -0.05) is 72.8 Å². The van der Waals surface area contributed by atoms with E-state index in [9.17, 15) is 24.3 Å². The SMILES string of the molecule is O=C(OC[C@@H]1O[C@H](O)[C@H](OC(=O)c2ccccc2)[C@H](OC(=O)c2ccccc2)[C@@H]1OC(=O)c1ccccc1)c1ccccc1. The highest BCUT2D eigenvalue weighted by Crippen LogP contribution is 2.30. The number of aliphatic hydroxyl groups is 1. The minimum Gasteiger partial charge on any atom is -0.459 e. The second kappa shape index (κ2) is 14.2. The fourth-order valence-corrected chi connectivity index (χ4v) is 4.54. The van der Waals surface area contributed by atoms with E-state index in [4.69, 9.17) is 23.7 Å². The van der Waals surface area contributed by atoms with Gasteiger partial charge in [0.1, 0.15) is 12.7 Å². The fraction of sp³-hybridized carbons (Fsp3) is 0.176. The number of esters is 4. The molecule has 0 amide bonds. The van der Waals surface area contributed by atoms with Gasteiger partial charge in [0.2, 0.25) is 0 Å². The topological polar surface area (TPSA) is 135 Å². The predicted octanol–water partition coefficient (Wildman–Crippen LogP) is 4.24. The molecule has 1 saturated heterocycles. The van der Waals surface area contributed by atoms with Crippen molar-refractivity contribution in [2.24, 2.45) is 0 Å². The van der Waals surface area contributed by atoms with E-state index >= 15 is 0 Å². The smallest absolute Gasteiger partial charge is 0.338 e. The predicted molar refractivity (Wildman–Crippen MR) is 155 cm³/mol. The Morgan fingerprint density at radius 3 is 1.25 bits per heavy atom. The van der Waals surface area contributed by atoms with Crippen molar-refractivity contribution in [3.05, 3.63) is 144 Å². The Labute approximate surface area is 252 Å². The quantitative estimate of drug-likeness (QED) is 0.221. The van der Waals surface area contributed by atoms with Crippen LogP contribution in [0, 0.1) is 0 Å². The van der Waals surface area contributed by atoms with E-state index in [0.29, 0.717) is 0 Å². The third-order valence-electron chi connectivity index (χ3n) is 6.76. The molecule has 5 rings (SSSR count). The van der Waals surface area contributed by atoms with Gasteiger partial charge >= 0.3 is 23.9 Å². The van der Waals surface area contributed by atoms with E-state index in [2.05, 4.69) is 0 Å². The van der Waals surface area contributed by atoms with Crippen LogP contribution in [-0.4, -0.2) is 66.3 Å². The van der Waals surface area contributed by atoms with E-state index in [-0.39, 0.29) is 22.3 Å². The summed E-state index contributed by atoms with van der Waals surface area (Å²) in [7, 11) is 0. The van der Waals surface area contributed by atoms with Gasteiger partial charge in [0.25, 0.3) is 0 Å². The largest absolute Gasteiger partial charge is 0.459 e. The van der Waals surface area contributed by atoms with Crippen molar-refractivity contribution in [2.75, 3.05) is 6.61 Å². The summed E-state index contributed by atoms with van der Waals surface area (Å²) in [5, 5.41) is 11.1. The summed E-state index contributed by atoms with van der Waals surface area (Å²) >= 11 is 0. The van der Waals surface area contributed by atoms with Crippen molar-refractivity contribution in [3.63, 3.8) is 0 Å². The van der Waals surface area contributed by atoms with E-state index in [0.717, 1.165) is 0 Å². The molecule has 1 aliphatic rings. The second-order valence-corrected chi connectivity index (χ2v) is 9.74. The molecule has 224 valence electrons. The summed E-state index contributed by atoms with van der Waals surface area (Å²) in [5.41, 5.74) is 0.736. The number of rotatable bonds is 9. The lowest BCUT2D eigenvalue weighted by atomic mass is 9.97. The monoisotopic (exact) mass is 596 g/mol. The molecule has 1 fully saturated rings. The zero-order valence-corrected chi connectivity index (χ0v) is 23.3. The highest BCUT2D eigenvalue weighted by molar-refractivity contribution is 5.91. The molecule has 0 aromatic heterocycles. The molecule has 0 unspecified atom stereocenters. The molecule has 10 nitrogen and oxygen atoms in total. The van der Waals surface area contributed by atoms with Gasteiger partial charge in [-0.15, -0.1) is 0 Å². The molecule has 4 aromatic rings. The van der Waals surface area contributed by atoms with Crippen molar-refractivity contribution in [1.29, 1.82) is 0 Å². The molecule has 44 heavy (non-hydrogen) atoms. The van der Waals surface area contributed by atoms with Gasteiger partial charge in [0, 0.05) is 0 Å². The molecule has 5 atom stereocenters. The van der Waals surface area contributed by atoms with Crippen LogP contribution in [0.4, 0.5) is 0 Å². The van der Waals surface area contributed by atoms with Gasteiger partial charge in [0.15, 0.2) is 24.6 Å². The number of ether oxygens (including phenoxy) is 5. The molecule has 0 saturated carbocycles. The summed E-state index contributed by atoms with van der Waals surface area (Å²) in [4.78, 5) is 52.3. The number of hydrogen-bond donors (Lipinski definition) is 1. The zero-order valence-electron chi connectivity index (χ0n) is 23.3. The van der Waals surface area contributed by atoms with Gasteiger partial charge in [-0.25, -0.2) is 19.2 Å². The summed E-state index contributed by atoms with van der Waals surface area (Å²) < 4.78 is 28.4. The minimum atomic E-state index is -1.86. The third-order valence-corrected chi connectivity index (χ3v) is 6.76. The maximum Gasteiger partial charge on any atom is 0.338 e. The van der Waals surface area contributed by atoms with Crippen LogP contribution in [0.25, 0.3) is 0 Å². The first kappa shape index (κ1) is 30.1. The normalized spacial score (nSPS) is 21.0. The number of carbonyl (C=O) groups is 4. The Bertz CT molecular complexity index is 1560. The van der Waals surface area contributed by atoms with Gasteiger partial charge in [0.05, 0.1) is 22.3 Å². The standard InChI is InChI=1S/C34H28O10/c35-30(22-13-5-1-6-14-22)40-21-26-27(42-31(36)23-15-7-2-8-16-23)28(43-32(37)24-17-9-3-10-18-24)29(34(39)41-26)44-33(38)25-19-11-4-12-20-25/h1-20,26-29,34,39H,21H2/t26-,27+,28+,29+,34-/m0/s1. The number of hydrogen-bond acceptors (Lipinski definition) is 10. The average molecular weight is 597 g/mol. The molecule has 1 N–H and O–H groups in total. The number of aliphatic hydroxyl groups excluding tert-OH is 1. The Morgan fingerprint density at radius 2 is 0.841 bits per heavy atom. The first-order valence-corrected chi connectivity index (χ1v) is 13.7. The van der Waals surface area contributed by atoms with Crippen LogP contribution in [0.2, 0.25) is 0 Å². The fourth-order valence-electron chi connectivity index (χ4n) is 4.54. The summed E-state index contributed by atoms with van der Waals surface area (Å²) in [6, 6.07) is 32.1. The van der Waals surface area contributed by atoms with Crippen LogP contribution in [0.3, 0.4) is 0 Å². The van der Waals surface area contributed by atoms with E-state index < -0.39 is 61.2 Å². The molecule has 0 spiro atoms. The lowest BCUT2D eigenvalue weighted by molar-refractivity contribution is -0.284. The molecule has 10 heteroatoms. The lowest BCUT2D eigenvalue weighted by Crippen LogP contribution is -2.62. The van der Waals surface area contributed by atoms with Gasteiger partial charge < -0.3 is 28.8 Å². The van der Waals surface area contributed by atoms with Crippen molar-refractivity contribution >= 4 is 23.9 Å². The highest BCUT2D eigenvalue weighted by Gasteiger charge is 2.52. The first-order chi connectivity index (χ1) is 21.4. The Morgan fingerprint density at radius 1 is 0.500 bits per heavy atom. The van der Waals surface area contributed by atoms with E-state index in [1.54, 1.807) is 84.9 Å². The Kier molecular flexibility index (Phi) is 9.75. The van der Waals surface area contributed by atoms with E-state index in [1.807, 2.05) is 0 Å². The summed E-state index contributed by atoms with van der Waals surface area (Å²) in [6.07, 6.45) is -7.89. The second-order valence-electron chi connectivity index (χ2n) is 9.74. The van der Waals surface area contributed by atoms with Crippen LogP contribution < -0.4 is 0 Å². The minimum absolute atomic E-state index is 0.154. The first-order valence-electron chi connectivity index (χ1n) is 13.7. The third kappa shape index (κ3) is 7.35. The lowest BCUT2D eigenvalue weighted by Gasteiger charge is -2.42. The average Bonchev–Trinajstić information content (AvgIpc) is 3.07. The maximum atomic E-state index is 13.3. The molecule has 4 aromatic carbocycles. The van der Waals surface area contributed by atoms with Crippen molar-refractivity contribution in [2.45, 2.75) is 30.7 Å². The Balaban J connectivity index is 1.48. The number of benzene rings is 4. The van der Waals surface area contributed by atoms with Gasteiger partial charge in [-0.2, -0.15) is 0 Å². The van der Waals surface area contributed by atoms with Crippen LogP contribution in [-0.2, 0) is 23.7 Å². The van der Waals surface area contributed by atoms with Crippen molar-refractivity contribution < 1.29 is 48.0 Å². The van der Waals surface area contributed by atoms with Crippen LogP contribution in [0.5, 0.6) is 0 Å². The van der Waals surface area contributed by atoms with Crippen molar-refractivity contribution in [1.82, 2.24) is 0 Å². The van der Waals surface area contributed by atoms with Gasteiger partial charge in [-0.05, 0) is 48.5 Å². The molecule has 0 radical (unpaired) electrons. The van der Waals surface area contributed by atoms with Crippen LogP contribution in [0.15, 0.2) is 121 Å². The van der Waals surface area contributed by atoms with Gasteiger partial charge in [-0.3, -0.25) is 0 Å². The van der Waals surface area contributed by atoms with Crippen molar-refractivity contribution in [3.8, 4) is 0 Å². The Hall–Kier alpha value is -5.32. The molecule has 1 aliphatic heterocycles. The van der Waals surface area contributed by atoms with Crippen LogP contribution in [0.1, 0.15) is 41.4 Å². The summed E-state index contributed by atoms with van der Waals surface area (Å²) in [6.45, 7) is -0.504. The zero-order chi connectivity index (χ0) is 30.9. The molecular formula is C34H28O10. The van der Waals surface area contributed by atoms with E-state index in [1.165, 1.54) is 36.4 Å². The molecular weight excluding hydrogens is 568 g/mol. The highest BCUT2D eigenvalue weighted by atomic mass is 16.7. The maximum absolute atomic E-state index is 13.3.